The molecule has 0 aliphatic carbocycles. The Kier molecular flexibility index (Phi) is 3.56. The fourth-order valence-corrected chi connectivity index (χ4v) is 2.19. The van der Waals surface area contributed by atoms with Gasteiger partial charge in [0.05, 0.1) is 6.54 Å². The molecule has 5 heteroatoms. The third kappa shape index (κ3) is 2.59. The number of nitrogens with zero attached hydrogens (tertiary/aromatic N) is 4. The highest BCUT2D eigenvalue weighted by molar-refractivity contribution is 4.86. The summed E-state index contributed by atoms with van der Waals surface area (Å²) in [5.74, 6) is 1.01. The lowest BCUT2D eigenvalue weighted by molar-refractivity contribution is 0.167. The number of hydrogen-bond donors (Lipinski definition) is 1. The van der Waals surface area contributed by atoms with E-state index >= 15 is 0 Å². The van der Waals surface area contributed by atoms with Gasteiger partial charge in [-0.25, -0.2) is 4.98 Å². The standard InChI is InChI=1S/C11H21N5/c1-9-6-10(4-5-15(9)2)12-7-11-13-8-14-16(11)3/h8-10,12H,4-7H2,1-3H3. The molecule has 0 radical (unpaired) electrons. The smallest absolute Gasteiger partial charge is 0.140 e. The van der Waals surface area contributed by atoms with Gasteiger partial charge < -0.3 is 10.2 Å². The fourth-order valence-electron chi connectivity index (χ4n) is 2.19. The van der Waals surface area contributed by atoms with Gasteiger partial charge in [0.25, 0.3) is 0 Å². The number of likely N-dealkylation sites (tertiary alicyclic amines) is 1. The van der Waals surface area contributed by atoms with Crippen molar-refractivity contribution in [2.45, 2.75) is 38.4 Å². The predicted molar refractivity (Wildman–Crippen MR) is 63.0 cm³/mol. The Bertz CT molecular complexity index is 335. The van der Waals surface area contributed by atoms with Gasteiger partial charge in [0.2, 0.25) is 0 Å². The molecule has 0 spiro atoms. The average molecular weight is 223 g/mol. The first-order chi connectivity index (χ1) is 7.66. The summed E-state index contributed by atoms with van der Waals surface area (Å²) in [5, 5.41) is 7.63. The van der Waals surface area contributed by atoms with Gasteiger partial charge in [-0.1, -0.05) is 0 Å². The Morgan fingerprint density at radius 2 is 2.31 bits per heavy atom. The van der Waals surface area contributed by atoms with E-state index in [9.17, 15) is 0 Å². The van der Waals surface area contributed by atoms with E-state index in [1.807, 2.05) is 11.7 Å². The maximum absolute atomic E-state index is 4.21. The topological polar surface area (TPSA) is 46.0 Å². The van der Waals surface area contributed by atoms with Crippen LogP contribution >= 0.6 is 0 Å². The summed E-state index contributed by atoms with van der Waals surface area (Å²) >= 11 is 0. The van der Waals surface area contributed by atoms with Crippen molar-refractivity contribution in [2.24, 2.45) is 7.05 Å². The molecular formula is C11H21N5. The molecule has 1 aromatic rings. The third-order valence-electron chi connectivity index (χ3n) is 3.56. The van der Waals surface area contributed by atoms with Crippen molar-refractivity contribution >= 4 is 0 Å². The molecule has 0 aromatic carbocycles. The van der Waals surface area contributed by atoms with Crippen LogP contribution in [0.25, 0.3) is 0 Å². The van der Waals surface area contributed by atoms with Gasteiger partial charge in [0.1, 0.15) is 12.2 Å². The number of piperidine rings is 1. The molecular weight excluding hydrogens is 202 g/mol. The maximum Gasteiger partial charge on any atom is 0.140 e. The van der Waals surface area contributed by atoms with Crippen LogP contribution in [-0.4, -0.2) is 45.3 Å². The van der Waals surface area contributed by atoms with E-state index in [0.29, 0.717) is 12.1 Å². The molecule has 0 saturated carbocycles. The van der Waals surface area contributed by atoms with E-state index in [4.69, 9.17) is 0 Å². The first kappa shape index (κ1) is 11.5. The summed E-state index contributed by atoms with van der Waals surface area (Å²) < 4.78 is 1.82. The molecule has 2 unspecified atom stereocenters. The predicted octanol–water partition coefficient (Wildman–Crippen LogP) is 0.387. The molecule has 0 bridgehead atoms. The highest BCUT2D eigenvalue weighted by atomic mass is 15.3. The zero-order valence-corrected chi connectivity index (χ0v) is 10.3. The van der Waals surface area contributed by atoms with Crippen molar-refractivity contribution in [1.82, 2.24) is 25.0 Å². The van der Waals surface area contributed by atoms with Crippen LogP contribution < -0.4 is 5.32 Å². The van der Waals surface area contributed by atoms with Crippen LogP contribution in [0.15, 0.2) is 6.33 Å². The lowest BCUT2D eigenvalue weighted by Gasteiger charge is -2.35. The van der Waals surface area contributed by atoms with Crippen LogP contribution in [0.5, 0.6) is 0 Å². The van der Waals surface area contributed by atoms with E-state index in [2.05, 4.69) is 34.3 Å². The summed E-state index contributed by atoms with van der Waals surface area (Å²) in [6.07, 6.45) is 4.04. The van der Waals surface area contributed by atoms with E-state index in [1.54, 1.807) is 6.33 Å². The maximum atomic E-state index is 4.21. The zero-order valence-electron chi connectivity index (χ0n) is 10.3. The Morgan fingerprint density at radius 1 is 1.50 bits per heavy atom. The lowest BCUT2D eigenvalue weighted by Crippen LogP contribution is -2.45. The van der Waals surface area contributed by atoms with Gasteiger partial charge in [0.15, 0.2) is 0 Å². The molecule has 2 heterocycles. The zero-order chi connectivity index (χ0) is 11.5. The molecule has 2 atom stereocenters. The number of nitrogens with one attached hydrogen (secondary N) is 1. The first-order valence-electron chi connectivity index (χ1n) is 5.93. The SMILES string of the molecule is CC1CC(NCc2ncnn2C)CCN1C. The van der Waals surface area contributed by atoms with Gasteiger partial charge in [-0.3, -0.25) is 4.68 Å². The molecule has 1 fully saturated rings. The fraction of sp³-hybridized carbons (Fsp3) is 0.818. The Morgan fingerprint density at radius 3 is 2.94 bits per heavy atom. The van der Waals surface area contributed by atoms with Gasteiger partial charge in [-0.2, -0.15) is 5.10 Å². The van der Waals surface area contributed by atoms with Gasteiger partial charge in [-0.05, 0) is 33.4 Å². The molecule has 5 nitrogen and oxygen atoms in total. The average Bonchev–Trinajstić information content (AvgIpc) is 2.66. The van der Waals surface area contributed by atoms with Crippen molar-refractivity contribution < 1.29 is 0 Å². The van der Waals surface area contributed by atoms with Crippen molar-refractivity contribution in [3.8, 4) is 0 Å². The highest BCUT2D eigenvalue weighted by Crippen LogP contribution is 2.15. The summed E-state index contributed by atoms with van der Waals surface area (Å²) in [6, 6.07) is 1.29. The van der Waals surface area contributed by atoms with Crippen LogP contribution in [0.2, 0.25) is 0 Å². The summed E-state index contributed by atoms with van der Waals surface area (Å²) in [4.78, 5) is 6.63. The molecule has 0 amide bonds. The third-order valence-corrected chi connectivity index (χ3v) is 3.56. The Balaban J connectivity index is 1.81. The second-order valence-electron chi connectivity index (χ2n) is 4.73. The van der Waals surface area contributed by atoms with Crippen LogP contribution in [0.3, 0.4) is 0 Å². The van der Waals surface area contributed by atoms with Crippen molar-refractivity contribution in [1.29, 1.82) is 0 Å². The Labute approximate surface area is 96.8 Å². The molecule has 16 heavy (non-hydrogen) atoms. The van der Waals surface area contributed by atoms with Gasteiger partial charge in [-0.15, -0.1) is 0 Å². The molecule has 90 valence electrons. The van der Waals surface area contributed by atoms with E-state index < -0.39 is 0 Å². The largest absolute Gasteiger partial charge is 0.307 e. The second-order valence-corrected chi connectivity index (χ2v) is 4.73. The molecule has 1 aromatic heterocycles. The normalized spacial score (nSPS) is 27.2. The Hall–Kier alpha value is -0.940. The van der Waals surface area contributed by atoms with Crippen LogP contribution in [0, 0.1) is 0 Å². The number of hydrogen-bond acceptors (Lipinski definition) is 4. The summed E-state index contributed by atoms with van der Waals surface area (Å²) in [6.45, 7) is 4.28. The van der Waals surface area contributed by atoms with Crippen molar-refractivity contribution in [3.63, 3.8) is 0 Å². The van der Waals surface area contributed by atoms with E-state index in [0.717, 1.165) is 12.4 Å². The van der Waals surface area contributed by atoms with Gasteiger partial charge >= 0.3 is 0 Å². The second kappa shape index (κ2) is 4.93. The lowest BCUT2D eigenvalue weighted by atomic mass is 9.99. The molecule has 1 aliphatic rings. The van der Waals surface area contributed by atoms with Crippen molar-refractivity contribution in [2.75, 3.05) is 13.6 Å². The van der Waals surface area contributed by atoms with Crippen molar-refractivity contribution in [3.05, 3.63) is 12.2 Å². The highest BCUT2D eigenvalue weighted by Gasteiger charge is 2.22. The molecule has 1 aliphatic heterocycles. The van der Waals surface area contributed by atoms with E-state index in [1.165, 1.54) is 19.4 Å². The van der Waals surface area contributed by atoms with Crippen LogP contribution in [0.1, 0.15) is 25.6 Å². The number of rotatable bonds is 3. The summed E-state index contributed by atoms with van der Waals surface area (Å²) in [5.41, 5.74) is 0. The minimum Gasteiger partial charge on any atom is -0.307 e. The molecule has 1 saturated heterocycles. The van der Waals surface area contributed by atoms with Crippen LogP contribution in [-0.2, 0) is 13.6 Å². The summed E-state index contributed by atoms with van der Waals surface area (Å²) in [7, 11) is 4.13. The number of aryl methyl sites for hydroxylation is 1. The van der Waals surface area contributed by atoms with E-state index in [-0.39, 0.29) is 0 Å². The van der Waals surface area contributed by atoms with Gasteiger partial charge in [0, 0.05) is 19.1 Å². The number of aromatic nitrogens is 3. The van der Waals surface area contributed by atoms with Crippen LogP contribution in [0.4, 0.5) is 0 Å². The monoisotopic (exact) mass is 223 g/mol. The minimum absolute atomic E-state index is 0.614. The minimum atomic E-state index is 0.614. The first-order valence-corrected chi connectivity index (χ1v) is 5.93. The molecule has 2 rings (SSSR count). The molecule has 1 N–H and O–H groups in total. The quantitative estimate of drug-likeness (QED) is 0.805.